The summed E-state index contributed by atoms with van der Waals surface area (Å²) >= 11 is 6.08. The molecule has 0 spiro atoms. The van der Waals surface area contributed by atoms with Crippen molar-refractivity contribution < 1.29 is 4.79 Å². The Kier molecular flexibility index (Phi) is 6.93. The van der Waals surface area contributed by atoms with E-state index < -0.39 is 6.04 Å². The SMILES string of the molecule is CCC(C)C(N)C(=O)NC(CC(C)C)C1(c2ccc(Cl)cc2)CCC1. The van der Waals surface area contributed by atoms with Gasteiger partial charge in [0.1, 0.15) is 0 Å². The Morgan fingerprint density at radius 2 is 1.84 bits per heavy atom. The summed E-state index contributed by atoms with van der Waals surface area (Å²) in [4.78, 5) is 12.8. The van der Waals surface area contributed by atoms with Crippen LogP contribution in [0.1, 0.15) is 65.4 Å². The molecule has 1 aromatic rings. The number of hydrogen-bond acceptors (Lipinski definition) is 2. The van der Waals surface area contributed by atoms with Gasteiger partial charge in [-0.3, -0.25) is 4.79 Å². The molecule has 0 heterocycles. The van der Waals surface area contributed by atoms with Crippen molar-refractivity contribution in [2.24, 2.45) is 17.6 Å². The van der Waals surface area contributed by atoms with Gasteiger partial charge in [0.15, 0.2) is 0 Å². The molecule has 1 aliphatic carbocycles. The smallest absolute Gasteiger partial charge is 0.237 e. The van der Waals surface area contributed by atoms with Gasteiger partial charge in [-0.05, 0) is 48.8 Å². The summed E-state index contributed by atoms with van der Waals surface area (Å²) in [7, 11) is 0. The summed E-state index contributed by atoms with van der Waals surface area (Å²) in [6.45, 7) is 8.54. The molecule has 25 heavy (non-hydrogen) atoms. The fourth-order valence-corrected chi connectivity index (χ4v) is 3.98. The summed E-state index contributed by atoms with van der Waals surface area (Å²) in [6.07, 6.45) is 5.27. The average Bonchev–Trinajstić information content (AvgIpc) is 2.53. The van der Waals surface area contributed by atoms with Crippen LogP contribution in [0.4, 0.5) is 0 Å². The third-order valence-electron chi connectivity index (χ3n) is 5.92. The summed E-state index contributed by atoms with van der Waals surface area (Å²) in [5.41, 5.74) is 7.48. The monoisotopic (exact) mass is 364 g/mol. The minimum Gasteiger partial charge on any atom is -0.351 e. The van der Waals surface area contributed by atoms with Crippen molar-refractivity contribution in [3.8, 4) is 0 Å². The summed E-state index contributed by atoms with van der Waals surface area (Å²) in [6, 6.07) is 7.82. The molecule has 1 amide bonds. The van der Waals surface area contributed by atoms with Gasteiger partial charge >= 0.3 is 0 Å². The van der Waals surface area contributed by atoms with E-state index in [0.717, 1.165) is 30.7 Å². The Morgan fingerprint density at radius 3 is 2.28 bits per heavy atom. The number of benzene rings is 1. The highest BCUT2D eigenvalue weighted by molar-refractivity contribution is 6.30. The molecular weight excluding hydrogens is 332 g/mol. The third kappa shape index (κ3) is 4.57. The summed E-state index contributed by atoms with van der Waals surface area (Å²) < 4.78 is 0. The van der Waals surface area contributed by atoms with Crippen LogP contribution in [0.25, 0.3) is 0 Å². The van der Waals surface area contributed by atoms with Crippen LogP contribution in [0.5, 0.6) is 0 Å². The Balaban J connectivity index is 2.25. The maximum atomic E-state index is 12.8. The van der Waals surface area contributed by atoms with Gasteiger partial charge in [0.25, 0.3) is 0 Å². The highest BCUT2D eigenvalue weighted by Gasteiger charge is 2.46. The zero-order chi connectivity index (χ0) is 18.6. The van der Waals surface area contributed by atoms with E-state index in [1.54, 1.807) is 0 Å². The zero-order valence-electron chi connectivity index (χ0n) is 16.0. The topological polar surface area (TPSA) is 55.1 Å². The molecule has 3 nitrogen and oxygen atoms in total. The van der Waals surface area contributed by atoms with E-state index in [0.29, 0.717) is 5.92 Å². The first kappa shape index (κ1) is 20.3. The van der Waals surface area contributed by atoms with Gasteiger partial charge < -0.3 is 11.1 Å². The van der Waals surface area contributed by atoms with Crippen LogP contribution in [-0.4, -0.2) is 18.0 Å². The molecule has 3 atom stereocenters. The van der Waals surface area contributed by atoms with E-state index in [9.17, 15) is 4.79 Å². The maximum absolute atomic E-state index is 12.8. The molecule has 3 unspecified atom stereocenters. The molecule has 0 aromatic heterocycles. The van der Waals surface area contributed by atoms with Gasteiger partial charge in [0.2, 0.25) is 5.91 Å². The molecule has 1 fully saturated rings. The van der Waals surface area contributed by atoms with E-state index in [1.165, 1.54) is 12.0 Å². The zero-order valence-corrected chi connectivity index (χ0v) is 16.8. The third-order valence-corrected chi connectivity index (χ3v) is 6.17. The van der Waals surface area contributed by atoms with Crippen molar-refractivity contribution in [2.75, 3.05) is 0 Å². The lowest BCUT2D eigenvalue weighted by atomic mass is 9.58. The molecule has 4 heteroatoms. The lowest BCUT2D eigenvalue weighted by Gasteiger charge is -2.49. The second-order valence-corrected chi connectivity index (χ2v) is 8.56. The highest BCUT2D eigenvalue weighted by Crippen LogP contribution is 2.48. The van der Waals surface area contributed by atoms with Gasteiger partial charge in [-0.2, -0.15) is 0 Å². The number of nitrogens with two attached hydrogens (primary N) is 1. The molecule has 2 rings (SSSR count). The number of hydrogen-bond donors (Lipinski definition) is 2. The fourth-order valence-electron chi connectivity index (χ4n) is 3.85. The second kappa shape index (κ2) is 8.55. The quantitative estimate of drug-likeness (QED) is 0.704. The van der Waals surface area contributed by atoms with Crippen LogP contribution >= 0.6 is 11.6 Å². The number of rotatable bonds is 8. The standard InChI is InChI=1S/C21H33ClN2O/c1-5-15(4)19(23)20(25)24-18(13-14(2)3)21(11-6-12-21)16-7-9-17(22)10-8-16/h7-10,14-15,18-19H,5-6,11-13,23H2,1-4H3,(H,24,25). The van der Waals surface area contributed by atoms with Crippen LogP contribution < -0.4 is 11.1 Å². The van der Waals surface area contributed by atoms with Crippen molar-refractivity contribution in [2.45, 2.75) is 77.3 Å². The molecule has 1 aliphatic rings. The number of nitrogens with one attached hydrogen (secondary N) is 1. The number of carbonyl (C=O) groups excluding carboxylic acids is 1. The second-order valence-electron chi connectivity index (χ2n) is 8.12. The van der Waals surface area contributed by atoms with Gasteiger partial charge in [-0.15, -0.1) is 0 Å². The molecule has 1 aromatic carbocycles. The first-order valence-electron chi connectivity index (χ1n) is 9.62. The lowest BCUT2D eigenvalue weighted by molar-refractivity contribution is -0.125. The molecule has 3 N–H and O–H groups in total. The van der Waals surface area contributed by atoms with Crippen LogP contribution in [-0.2, 0) is 10.2 Å². The van der Waals surface area contributed by atoms with Crippen LogP contribution in [0.3, 0.4) is 0 Å². The van der Waals surface area contributed by atoms with Crippen molar-refractivity contribution >= 4 is 17.5 Å². The van der Waals surface area contributed by atoms with E-state index in [1.807, 2.05) is 19.1 Å². The van der Waals surface area contributed by atoms with Gasteiger partial charge in [-0.25, -0.2) is 0 Å². The molecule has 0 saturated heterocycles. The first-order chi connectivity index (χ1) is 11.8. The Hall–Kier alpha value is -1.06. The molecule has 1 saturated carbocycles. The normalized spacial score (nSPS) is 19.8. The van der Waals surface area contributed by atoms with Crippen molar-refractivity contribution in [1.29, 1.82) is 0 Å². The molecule has 140 valence electrons. The van der Waals surface area contributed by atoms with Crippen LogP contribution in [0, 0.1) is 11.8 Å². The fraction of sp³-hybridized carbons (Fsp3) is 0.667. The van der Waals surface area contributed by atoms with Gasteiger partial charge in [0, 0.05) is 16.5 Å². The van der Waals surface area contributed by atoms with E-state index in [4.69, 9.17) is 17.3 Å². The van der Waals surface area contributed by atoms with E-state index >= 15 is 0 Å². The predicted octanol–water partition coefficient (Wildman–Crippen LogP) is 4.67. The molecular formula is C21H33ClN2O. The van der Waals surface area contributed by atoms with Crippen molar-refractivity contribution in [3.05, 3.63) is 34.9 Å². The van der Waals surface area contributed by atoms with Crippen LogP contribution in [0.15, 0.2) is 24.3 Å². The number of carbonyl (C=O) groups is 1. The summed E-state index contributed by atoms with van der Waals surface area (Å²) in [5, 5.41) is 4.07. The van der Waals surface area contributed by atoms with Crippen molar-refractivity contribution in [1.82, 2.24) is 5.32 Å². The number of halogens is 1. The summed E-state index contributed by atoms with van der Waals surface area (Å²) in [5.74, 6) is 0.683. The van der Waals surface area contributed by atoms with Gasteiger partial charge in [0.05, 0.1) is 6.04 Å². The minimum absolute atomic E-state index is 0.0136. The Morgan fingerprint density at radius 1 is 1.24 bits per heavy atom. The van der Waals surface area contributed by atoms with E-state index in [-0.39, 0.29) is 23.3 Å². The maximum Gasteiger partial charge on any atom is 0.237 e. The molecule has 0 bridgehead atoms. The number of amides is 1. The van der Waals surface area contributed by atoms with E-state index in [2.05, 4.69) is 38.2 Å². The predicted molar refractivity (Wildman–Crippen MR) is 106 cm³/mol. The minimum atomic E-state index is -0.443. The van der Waals surface area contributed by atoms with Crippen LogP contribution in [0.2, 0.25) is 5.02 Å². The van der Waals surface area contributed by atoms with Gasteiger partial charge in [-0.1, -0.05) is 64.3 Å². The highest BCUT2D eigenvalue weighted by atomic mass is 35.5. The largest absolute Gasteiger partial charge is 0.351 e. The van der Waals surface area contributed by atoms with Crippen molar-refractivity contribution in [3.63, 3.8) is 0 Å². The molecule has 0 radical (unpaired) electrons. The molecule has 0 aliphatic heterocycles. The lowest BCUT2D eigenvalue weighted by Crippen LogP contribution is -2.58. The average molecular weight is 365 g/mol. The Labute approximate surface area is 157 Å². The Bertz CT molecular complexity index is 566. The first-order valence-corrected chi connectivity index (χ1v) is 10.00.